The number of rotatable bonds is 6. The molecule has 7 heteroatoms. The molecule has 0 amide bonds. The molecule has 0 radical (unpaired) electrons. The number of ether oxygens (including phenoxy) is 1. The molecule has 1 heterocycles. The summed E-state index contributed by atoms with van der Waals surface area (Å²) in [5, 5.41) is 27.3. The van der Waals surface area contributed by atoms with Crippen LogP contribution in [-0.2, 0) is 4.74 Å². The molecule has 1 fully saturated rings. The predicted octanol–water partition coefficient (Wildman–Crippen LogP) is 1.59. The van der Waals surface area contributed by atoms with Crippen molar-refractivity contribution in [3.05, 3.63) is 28.3 Å². The monoisotopic (exact) mass is 281 g/mol. The van der Waals surface area contributed by atoms with Gasteiger partial charge in [-0.3, -0.25) is 10.1 Å². The van der Waals surface area contributed by atoms with E-state index in [4.69, 9.17) is 4.74 Å². The third-order valence-electron chi connectivity index (χ3n) is 3.28. The van der Waals surface area contributed by atoms with Crippen LogP contribution in [-0.4, -0.2) is 41.9 Å². The highest BCUT2D eigenvalue weighted by atomic mass is 16.6. The van der Waals surface area contributed by atoms with Crippen molar-refractivity contribution in [3.8, 4) is 0 Å². The smallest absolute Gasteiger partial charge is 0.315 e. The Morgan fingerprint density at radius 1 is 1.45 bits per heavy atom. The normalized spacial score (nSPS) is 21.7. The van der Waals surface area contributed by atoms with E-state index < -0.39 is 10.5 Å². The fraction of sp³-hybridized carbons (Fsp3) is 0.538. The number of nitrogens with zero attached hydrogens (tertiary/aromatic N) is 1. The Morgan fingerprint density at radius 3 is 2.70 bits per heavy atom. The Kier molecular flexibility index (Phi) is 4.41. The van der Waals surface area contributed by atoms with Crippen LogP contribution in [0.25, 0.3) is 0 Å². The zero-order valence-corrected chi connectivity index (χ0v) is 11.4. The van der Waals surface area contributed by atoms with Crippen molar-refractivity contribution in [2.24, 2.45) is 0 Å². The molecular formula is C13H19N3O4. The zero-order valence-electron chi connectivity index (χ0n) is 11.4. The quantitative estimate of drug-likeness (QED) is 0.541. The number of benzene rings is 1. The molecule has 0 aliphatic carbocycles. The fourth-order valence-electron chi connectivity index (χ4n) is 2.21. The first-order chi connectivity index (χ1) is 9.56. The molecule has 0 bridgehead atoms. The second-order valence-electron chi connectivity index (χ2n) is 4.87. The first kappa shape index (κ1) is 14.5. The summed E-state index contributed by atoms with van der Waals surface area (Å²) in [5.41, 5.74) is -0.0926. The fourth-order valence-corrected chi connectivity index (χ4v) is 2.21. The molecule has 0 saturated carbocycles. The van der Waals surface area contributed by atoms with E-state index in [9.17, 15) is 15.2 Å². The summed E-state index contributed by atoms with van der Waals surface area (Å²) in [6.45, 7) is 3.46. The van der Waals surface area contributed by atoms with Crippen molar-refractivity contribution >= 4 is 17.1 Å². The maximum Gasteiger partial charge on any atom is 0.315 e. The van der Waals surface area contributed by atoms with Gasteiger partial charge in [0.25, 0.3) is 0 Å². The first-order valence-corrected chi connectivity index (χ1v) is 6.61. The van der Waals surface area contributed by atoms with Gasteiger partial charge >= 0.3 is 5.69 Å². The highest BCUT2D eigenvalue weighted by Gasteiger charge is 2.32. The van der Waals surface area contributed by atoms with Crippen LogP contribution in [0.2, 0.25) is 0 Å². The minimum absolute atomic E-state index is 0.00290. The summed E-state index contributed by atoms with van der Waals surface area (Å²) in [7, 11) is 0. The van der Waals surface area contributed by atoms with Gasteiger partial charge in [-0.15, -0.1) is 0 Å². The van der Waals surface area contributed by atoms with E-state index in [1.807, 2.05) is 6.92 Å². The third-order valence-corrected chi connectivity index (χ3v) is 3.28. The highest BCUT2D eigenvalue weighted by Crippen LogP contribution is 2.33. The van der Waals surface area contributed by atoms with Gasteiger partial charge in [0, 0.05) is 26.1 Å². The topological polar surface area (TPSA) is 96.7 Å². The lowest BCUT2D eigenvalue weighted by Gasteiger charge is -2.21. The second-order valence-corrected chi connectivity index (χ2v) is 4.87. The summed E-state index contributed by atoms with van der Waals surface area (Å²) < 4.78 is 5.15. The Morgan fingerprint density at radius 2 is 2.15 bits per heavy atom. The lowest BCUT2D eigenvalue weighted by Crippen LogP contribution is -2.37. The lowest BCUT2D eigenvalue weighted by atomic mass is 10.0. The minimum Gasteiger partial charge on any atom is -0.386 e. The van der Waals surface area contributed by atoms with Gasteiger partial charge in [0.05, 0.1) is 11.5 Å². The largest absolute Gasteiger partial charge is 0.386 e. The van der Waals surface area contributed by atoms with Crippen molar-refractivity contribution in [3.63, 3.8) is 0 Å². The summed E-state index contributed by atoms with van der Waals surface area (Å²) in [6, 6.07) is 5.04. The Hall–Kier alpha value is -1.86. The number of nitrogens with one attached hydrogen (secondary N) is 2. The molecule has 1 aliphatic heterocycles. The van der Waals surface area contributed by atoms with Gasteiger partial charge < -0.3 is 20.5 Å². The van der Waals surface area contributed by atoms with E-state index in [1.54, 1.807) is 18.2 Å². The SMILES string of the molecule is CCNc1cccc(NCC2(O)CCOC2)c1[N+](=O)[O-]. The molecular weight excluding hydrogens is 262 g/mol. The molecule has 0 aromatic heterocycles. The number of hydrogen-bond acceptors (Lipinski definition) is 6. The number of para-hydroxylation sites is 1. The molecule has 2 rings (SSSR count). The van der Waals surface area contributed by atoms with Gasteiger partial charge in [-0.1, -0.05) is 6.07 Å². The van der Waals surface area contributed by atoms with Crippen molar-refractivity contribution in [2.45, 2.75) is 18.9 Å². The van der Waals surface area contributed by atoms with Crippen LogP contribution in [0.15, 0.2) is 18.2 Å². The Labute approximate surface area is 117 Å². The van der Waals surface area contributed by atoms with Crippen molar-refractivity contribution in [1.29, 1.82) is 0 Å². The maximum atomic E-state index is 11.2. The van der Waals surface area contributed by atoms with E-state index in [2.05, 4.69) is 10.6 Å². The summed E-state index contributed by atoms with van der Waals surface area (Å²) >= 11 is 0. The lowest BCUT2D eigenvalue weighted by molar-refractivity contribution is -0.383. The van der Waals surface area contributed by atoms with Gasteiger partial charge in [0.15, 0.2) is 0 Å². The van der Waals surface area contributed by atoms with Crippen molar-refractivity contribution < 1.29 is 14.8 Å². The van der Waals surface area contributed by atoms with Crippen LogP contribution in [0.4, 0.5) is 17.1 Å². The van der Waals surface area contributed by atoms with Crippen LogP contribution in [0, 0.1) is 10.1 Å². The Bertz CT molecular complexity index is 487. The maximum absolute atomic E-state index is 11.2. The summed E-state index contributed by atoms with van der Waals surface area (Å²) in [4.78, 5) is 10.8. The van der Waals surface area contributed by atoms with Gasteiger partial charge in [-0.05, 0) is 19.1 Å². The average Bonchev–Trinajstić information content (AvgIpc) is 2.84. The first-order valence-electron chi connectivity index (χ1n) is 6.61. The van der Waals surface area contributed by atoms with E-state index >= 15 is 0 Å². The van der Waals surface area contributed by atoms with Gasteiger partial charge in [0.2, 0.25) is 0 Å². The van der Waals surface area contributed by atoms with Crippen LogP contribution < -0.4 is 10.6 Å². The van der Waals surface area contributed by atoms with Crippen LogP contribution in [0.3, 0.4) is 0 Å². The van der Waals surface area contributed by atoms with E-state index in [0.717, 1.165) is 0 Å². The summed E-state index contributed by atoms with van der Waals surface area (Å²) in [6.07, 6.45) is 0.528. The van der Waals surface area contributed by atoms with Crippen molar-refractivity contribution in [2.75, 3.05) is 36.9 Å². The molecule has 7 nitrogen and oxygen atoms in total. The van der Waals surface area contributed by atoms with Crippen molar-refractivity contribution in [1.82, 2.24) is 0 Å². The molecule has 1 atom stereocenters. The van der Waals surface area contributed by atoms with Crippen LogP contribution >= 0.6 is 0 Å². The van der Waals surface area contributed by atoms with Crippen LogP contribution in [0.1, 0.15) is 13.3 Å². The highest BCUT2D eigenvalue weighted by molar-refractivity contribution is 5.76. The predicted molar refractivity (Wildman–Crippen MR) is 76.1 cm³/mol. The average molecular weight is 281 g/mol. The van der Waals surface area contributed by atoms with E-state index in [0.29, 0.717) is 30.9 Å². The van der Waals surface area contributed by atoms with Gasteiger partial charge in [-0.2, -0.15) is 0 Å². The second kappa shape index (κ2) is 6.06. The molecule has 3 N–H and O–H groups in total. The molecule has 20 heavy (non-hydrogen) atoms. The Balaban J connectivity index is 2.18. The number of aliphatic hydroxyl groups is 1. The van der Waals surface area contributed by atoms with Gasteiger partial charge in [0.1, 0.15) is 17.0 Å². The third kappa shape index (κ3) is 3.17. The van der Waals surface area contributed by atoms with E-state index in [-0.39, 0.29) is 18.8 Å². The number of hydrogen-bond donors (Lipinski definition) is 3. The molecule has 1 aliphatic rings. The zero-order chi connectivity index (χ0) is 14.6. The molecule has 1 unspecified atom stereocenters. The van der Waals surface area contributed by atoms with Crippen LogP contribution in [0.5, 0.6) is 0 Å². The molecule has 1 aromatic carbocycles. The number of nitro groups is 1. The molecule has 1 aromatic rings. The molecule has 110 valence electrons. The van der Waals surface area contributed by atoms with E-state index in [1.165, 1.54) is 0 Å². The molecule has 1 saturated heterocycles. The number of anilines is 2. The minimum atomic E-state index is -0.956. The standard InChI is InChI=1S/C13H19N3O4/c1-2-14-10-4-3-5-11(12(10)16(18)19)15-8-13(17)6-7-20-9-13/h3-5,14-15,17H,2,6-9H2,1H3. The molecule has 0 spiro atoms. The summed E-state index contributed by atoms with van der Waals surface area (Å²) in [5.74, 6) is 0. The number of nitro benzene ring substituents is 1. The van der Waals surface area contributed by atoms with Gasteiger partial charge in [-0.25, -0.2) is 0 Å².